The number of amides is 4. The van der Waals surface area contributed by atoms with Crippen LogP contribution in [0.4, 0.5) is 0 Å². The lowest BCUT2D eigenvalue weighted by Gasteiger charge is -2.19. The Morgan fingerprint density at radius 3 is 1.56 bits per heavy atom. The second kappa shape index (κ2) is 6.54. The fraction of sp³-hybridized carbons (Fsp3) is 0.667. The van der Waals surface area contributed by atoms with Gasteiger partial charge in [-0.25, -0.2) is 0 Å². The second-order valence-electron chi connectivity index (χ2n) is 7.71. The highest BCUT2D eigenvalue weighted by Crippen LogP contribution is 2.38. The summed E-state index contributed by atoms with van der Waals surface area (Å²) in [7, 11) is 0. The molecule has 0 N–H and O–H groups in total. The van der Waals surface area contributed by atoms with Crippen molar-refractivity contribution in [2.75, 3.05) is 0 Å². The number of hydrogen-bond acceptors (Lipinski definition) is 7. The van der Waals surface area contributed by atoms with Crippen LogP contribution in [0.25, 0.3) is 0 Å². The molecule has 0 aliphatic carbocycles. The van der Waals surface area contributed by atoms with Crippen LogP contribution >= 0.6 is 0 Å². The van der Waals surface area contributed by atoms with E-state index in [-0.39, 0.29) is 73.2 Å². The zero-order chi connectivity index (χ0) is 19.3. The molecule has 0 aromatic carbocycles. The Labute approximate surface area is 155 Å². The lowest BCUT2D eigenvalue weighted by atomic mass is 9.94. The first-order valence-electron chi connectivity index (χ1n) is 9.28. The summed E-state index contributed by atoms with van der Waals surface area (Å²) < 4.78 is 4.89. The van der Waals surface area contributed by atoms with E-state index >= 15 is 0 Å². The summed E-state index contributed by atoms with van der Waals surface area (Å²) in [6.07, 6.45) is 1.69. The lowest BCUT2D eigenvalue weighted by molar-refractivity contribution is -0.161. The van der Waals surface area contributed by atoms with Crippen molar-refractivity contribution >= 4 is 35.6 Å². The van der Waals surface area contributed by atoms with Crippen LogP contribution in [0, 0.1) is 11.8 Å². The summed E-state index contributed by atoms with van der Waals surface area (Å²) in [6, 6.07) is -0.559. The van der Waals surface area contributed by atoms with E-state index in [4.69, 9.17) is 4.74 Å². The van der Waals surface area contributed by atoms with Crippen LogP contribution in [0.2, 0.25) is 0 Å². The predicted octanol–water partition coefficient (Wildman–Crippen LogP) is -0.0886. The van der Waals surface area contributed by atoms with E-state index in [0.717, 1.165) is 0 Å². The van der Waals surface area contributed by atoms with Gasteiger partial charge in [-0.05, 0) is 24.7 Å². The first kappa shape index (κ1) is 17.8. The highest BCUT2D eigenvalue weighted by atomic mass is 16.6. The van der Waals surface area contributed by atoms with Crippen LogP contribution < -0.4 is 0 Å². The van der Waals surface area contributed by atoms with Gasteiger partial charge < -0.3 is 4.74 Å². The van der Waals surface area contributed by atoms with E-state index in [9.17, 15) is 28.8 Å². The second-order valence-corrected chi connectivity index (χ2v) is 7.71. The molecule has 4 rings (SSSR count). The molecule has 0 aromatic rings. The van der Waals surface area contributed by atoms with Gasteiger partial charge in [-0.2, -0.15) is 0 Å². The smallest absolute Gasteiger partial charge is 0.313 e. The van der Waals surface area contributed by atoms with Crippen LogP contribution in [0.3, 0.4) is 0 Å². The SMILES string of the molecule is O=C(CC1CC(=O)N2C(=O)CCC12)OC(=O)CC1CC(=O)N2C(=O)CCC12. The van der Waals surface area contributed by atoms with Gasteiger partial charge in [-0.3, -0.25) is 38.6 Å². The third-order valence-electron chi connectivity index (χ3n) is 6.09. The minimum absolute atomic E-state index is 0.0937. The zero-order valence-electron chi connectivity index (χ0n) is 14.7. The Balaban J connectivity index is 1.30. The number of ether oxygens (including phenoxy) is 1. The van der Waals surface area contributed by atoms with Gasteiger partial charge >= 0.3 is 11.9 Å². The van der Waals surface area contributed by atoms with Crippen LogP contribution in [0.1, 0.15) is 51.4 Å². The molecule has 4 aliphatic rings. The van der Waals surface area contributed by atoms with Gasteiger partial charge in [0.15, 0.2) is 0 Å². The van der Waals surface area contributed by atoms with Gasteiger partial charge in [0, 0.05) is 37.8 Å². The summed E-state index contributed by atoms with van der Waals surface area (Å²) >= 11 is 0. The number of fused-ring (bicyclic) bond motifs is 2. The quantitative estimate of drug-likeness (QED) is 0.382. The largest absolute Gasteiger partial charge is 0.393 e. The van der Waals surface area contributed by atoms with Crippen LogP contribution in [-0.4, -0.2) is 57.5 Å². The summed E-state index contributed by atoms with van der Waals surface area (Å²) in [5.74, 6) is -3.05. The molecule has 4 fully saturated rings. The molecule has 0 bridgehead atoms. The summed E-state index contributed by atoms with van der Waals surface area (Å²) in [5, 5.41) is 0. The van der Waals surface area contributed by atoms with E-state index < -0.39 is 11.9 Å². The van der Waals surface area contributed by atoms with Gasteiger partial charge in [0.1, 0.15) is 0 Å². The van der Waals surface area contributed by atoms with Gasteiger partial charge in [0.25, 0.3) is 0 Å². The van der Waals surface area contributed by atoms with Crippen molar-refractivity contribution in [3.63, 3.8) is 0 Å². The van der Waals surface area contributed by atoms with Crippen LogP contribution in [-0.2, 0) is 33.5 Å². The first-order chi connectivity index (χ1) is 12.8. The molecule has 4 atom stereocenters. The molecule has 0 radical (unpaired) electrons. The van der Waals surface area contributed by atoms with Crippen molar-refractivity contribution in [1.29, 1.82) is 0 Å². The molecule has 4 saturated heterocycles. The number of nitrogens with zero attached hydrogens (tertiary/aromatic N) is 2. The maximum atomic E-state index is 12.1. The van der Waals surface area contributed by atoms with E-state index in [1.165, 1.54) is 9.80 Å². The topological polar surface area (TPSA) is 118 Å². The zero-order valence-corrected chi connectivity index (χ0v) is 14.7. The molecule has 4 aliphatic heterocycles. The van der Waals surface area contributed by atoms with E-state index in [0.29, 0.717) is 25.7 Å². The highest BCUT2D eigenvalue weighted by Gasteiger charge is 2.49. The van der Waals surface area contributed by atoms with Gasteiger partial charge in [-0.1, -0.05) is 0 Å². The summed E-state index contributed by atoms with van der Waals surface area (Å²) in [6.45, 7) is 0. The molecule has 9 heteroatoms. The first-order valence-corrected chi connectivity index (χ1v) is 9.28. The minimum Gasteiger partial charge on any atom is -0.393 e. The number of carbonyl (C=O) groups is 6. The van der Waals surface area contributed by atoms with Crippen LogP contribution in [0.5, 0.6) is 0 Å². The lowest BCUT2D eigenvalue weighted by Crippen LogP contribution is -2.33. The maximum absolute atomic E-state index is 12.1. The molecular formula is C18H20N2O7. The Hall–Kier alpha value is -2.58. The molecule has 0 saturated carbocycles. The highest BCUT2D eigenvalue weighted by molar-refractivity contribution is 6.00. The fourth-order valence-corrected chi connectivity index (χ4v) is 4.93. The Morgan fingerprint density at radius 2 is 1.15 bits per heavy atom. The van der Waals surface area contributed by atoms with Crippen LogP contribution in [0.15, 0.2) is 0 Å². The number of rotatable bonds is 4. The average Bonchev–Trinajstić information content (AvgIpc) is 3.29. The Morgan fingerprint density at radius 1 is 0.741 bits per heavy atom. The summed E-state index contributed by atoms with van der Waals surface area (Å²) in [4.78, 5) is 73.9. The molecule has 9 nitrogen and oxygen atoms in total. The molecule has 4 heterocycles. The maximum Gasteiger partial charge on any atom is 0.313 e. The number of carbonyl (C=O) groups excluding carboxylic acids is 6. The van der Waals surface area contributed by atoms with Gasteiger partial charge in [-0.15, -0.1) is 0 Å². The molecule has 144 valence electrons. The average molecular weight is 376 g/mol. The molecule has 27 heavy (non-hydrogen) atoms. The number of esters is 2. The van der Waals surface area contributed by atoms with Crippen molar-refractivity contribution in [2.24, 2.45) is 11.8 Å². The van der Waals surface area contributed by atoms with Crippen molar-refractivity contribution in [3.8, 4) is 0 Å². The third kappa shape index (κ3) is 3.04. The van der Waals surface area contributed by atoms with Crippen molar-refractivity contribution in [1.82, 2.24) is 9.80 Å². The summed E-state index contributed by atoms with van der Waals surface area (Å²) in [5.41, 5.74) is 0. The molecule has 0 spiro atoms. The Kier molecular flexibility index (Phi) is 4.32. The minimum atomic E-state index is -0.720. The standard InChI is InChI=1S/C18H20N2O7/c21-13-3-1-11-9(5-15(23)19(11)13)7-17(25)27-18(26)8-10-6-16(24)20-12(10)2-4-14(20)22/h9-12H,1-8H2. The normalized spacial score (nSPS) is 32.3. The molecular weight excluding hydrogens is 356 g/mol. The molecule has 4 amide bonds. The monoisotopic (exact) mass is 376 g/mol. The number of imide groups is 2. The van der Waals surface area contributed by atoms with Gasteiger partial charge in [0.05, 0.1) is 12.8 Å². The fourth-order valence-electron chi connectivity index (χ4n) is 4.93. The van der Waals surface area contributed by atoms with Crippen molar-refractivity contribution in [2.45, 2.75) is 63.5 Å². The van der Waals surface area contributed by atoms with Crippen molar-refractivity contribution < 1.29 is 33.5 Å². The van der Waals surface area contributed by atoms with E-state index in [2.05, 4.69) is 0 Å². The third-order valence-corrected chi connectivity index (χ3v) is 6.09. The van der Waals surface area contributed by atoms with E-state index in [1.54, 1.807) is 0 Å². The molecule has 0 aromatic heterocycles. The van der Waals surface area contributed by atoms with E-state index in [1.807, 2.05) is 0 Å². The van der Waals surface area contributed by atoms with Gasteiger partial charge in [0.2, 0.25) is 23.6 Å². The number of hydrogen-bond donors (Lipinski definition) is 0. The molecule has 4 unspecified atom stereocenters. The Bertz CT molecular complexity index is 699. The van der Waals surface area contributed by atoms with Crippen molar-refractivity contribution in [3.05, 3.63) is 0 Å². The predicted molar refractivity (Wildman–Crippen MR) is 86.3 cm³/mol.